The average Bonchev–Trinajstić information content (AvgIpc) is 2.55. The molecule has 0 bridgehead atoms. The molecule has 0 saturated heterocycles. The smallest absolute Gasteiger partial charge is 0.168 e. The molecule has 0 aliphatic carbocycles. The average molecular weight is 185 g/mol. The Hall–Kier alpha value is -1.17. The molecular formula is C6H11N5S. The Morgan fingerprint density at radius 3 is 3.08 bits per heavy atom. The number of nitrogens with one attached hydrogen (secondary N) is 2. The van der Waals surface area contributed by atoms with E-state index >= 15 is 0 Å². The molecule has 6 heteroatoms. The maximum Gasteiger partial charge on any atom is 0.168 e. The van der Waals surface area contributed by atoms with E-state index in [1.54, 1.807) is 7.05 Å². The molecular weight excluding hydrogens is 174 g/mol. The van der Waals surface area contributed by atoms with Gasteiger partial charge in [0.05, 0.1) is 6.54 Å². The molecule has 0 fully saturated rings. The SMILES string of the molecule is CNC(=S)N(C)Cc1ncn[nH]1. The van der Waals surface area contributed by atoms with Gasteiger partial charge >= 0.3 is 0 Å². The summed E-state index contributed by atoms with van der Waals surface area (Å²) in [6.45, 7) is 0.639. The molecule has 0 aromatic carbocycles. The third-order valence-electron chi connectivity index (χ3n) is 1.41. The normalized spacial score (nSPS) is 9.50. The van der Waals surface area contributed by atoms with Gasteiger partial charge in [-0.2, -0.15) is 5.10 Å². The fourth-order valence-corrected chi connectivity index (χ4v) is 0.859. The molecule has 1 heterocycles. The highest BCUT2D eigenvalue weighted by Crippen LogP contribution is 1.93. The van der Waals surface area contributed by atoms with Gasteiger partial charge in [0.25, 0.3) is 0 Å². The second-order valence-corrected chi connectivity index (χ2v) is 2.73. The Labute approximate surface area is 76.2 Å². The van der Waals surface area contributed by atoms with E-state index in [4.69, 9.17) is 12.2 Å². The molecule has 2 N–H and O–H groups in total. The number of hydrogen-bond donors (Lipinski definition) is 2. The Morgan fingerprint density at radius 1 is 1.83 bits per heavy atom. The van der Waals surface area contributed by atoms with Gasteiger partial charge in [-0.1, -0.05) is 0 Å². The Balaban J connectivity index is 2.47. The van der Waals surface area contributed by atoms with Crippen LogP contribution in [-0.4, -0.2) is 39.3 Å². The summed E-state index contributed by atoms with van der Waals surface area (Å²) in [6, 6.07) is 0. The summed E-state index contributed by atoms with van der Waals surface area (Å²) < 4.78 is 0. The van der Waals surface area contributed by atoms with Crippen molar-refractivity contribution in [2.75, 3.05) is 14.1 Å². The van der Waals surface area contributed by atoms with Gasteiger partial charge in [0, 0.05) is 14.1 Å². The van der Waals surface area contributed by atoms with Crippen LogP contribution in [0.3, 0.4) is 0 Å². The molecule has 0 spiro atoms. The van der Waals surface area contributed by atoms with Crippen LogP contribution in [0.1, 0.15) is 5.82 Å². The lowest BCUT2D eigenvalue weighted by atomic mass is 10.5. The number of hydrogen-bond acceptors (Lipinski definition) is 3. The van der Waals surface area contributed by atoms with Crippen molar-refractivity contribution in [1.29, 1.82) is 0 Å². The summed E-state index contributed by atoms with van der Waals surface area (Å²) in [5.74, 6) is 0.801. The minimum atomic E-state index is 0.639. The number of aromatic amines is 1. The first-order valence-corrected chi connectivity index (χ1v) is 3.92. The highest BCUT2D eigenvalue weighted by atomic mass is 32.1. The molecule has 0 unspecified atom stereocenters. The van der Waals surface area contributed by atoms with E-state index in [0.29, 0.717) is 11.7 Å². The third-order valence-corrected chi connectivity index (χ3v) is 1.93. The monoisotopic (exact) mass is 185 g/mol. The predicted octanol–water partition coefficient (Wildman–Crippen LogP) is -0.259. The van der Waals surface area contributed by atoms with Gasteiger partial charge in [0.15, 0.2) is 5.11 Å². The zero-order chi connectivity index (χ0) is 8.97. The lowest BCUT2D eigenvalue weighted by Crippen LogP contribution is -2.34. The van der Waals surface area contributed by atoms with Gasteiger partial charge in [-0.05, 0) is 12.2 Å². The molecule has 1 aromatic heterocycles. The van der Waals surface area contributed by atoms with Gasteiger partial charge in [0.1, 0.15) is 12.2 Å². The second kappa shape index (κ2) is 4.01. The quantitative estimate of drug-likeness (QED) is 0.622. The lowest BCUT2D eigenvalue weighted by molar-refractivity contribution is 0.479. The molecule has 66 valence electrons. The minimum Gasteiger partial charge on any atom is -0.366 e. The van der Waals surface area contributed by atoms with Crippen LogP contribution >= 0.6 is 12.2 Å². The van der Waals surface area contributed by atoms with Crippen LogP contribution in [0.25, 0.3) is 0 Å². The van der Waals surface area contributed by atoms with Gasteiger partial charge in [-0.25, -0.2) is 4.98 Å². The number of nitrogens with zero attached hydrogens (tertiary/aromatic N) is 3. The fraction of sp³-hybridized carbons (Fsp3) is 0.500. The van der Waals surface area contributed by atoms with Crippen molar-refractivity contribution in [2.45, 2.75) is 6.54 Å². The van der Waals surface area contributed by atoms with Crippen molar-refractivity contribution < 1.29 is 0 Å². The van der Waals surface area contributed by atoms with Crippen molar-refractivity contribution >= 4 is 17.3 Å². The molecule has 1 aromatic rings. The summed E-state index contributed by atoms with van der Waals surface area (Å²) in [5, 5.41) is 10.0. The zero-order valence-electron chi connectivity index (χ0n) is 7.03. The van der Waals surface area contributed by atoms with Gasteiger partial charge in [-0.15, -0.1) is 0 Å². The Kier molecular flexibility index (Phi) is 2.98. The third kappa shape index (κ3) is 2.16. The van der Waals surface area contributed by atoms with Crippen molar-refractivity contribution in [2.24, 2.45) is 0 Å². The molecule has 0 atom stereocenters. The molecule has 0 aliphatic heterocycles. The molecule has 5 nitrogen and oxygen atoms in total. The van der Waals surface area contributed by atoms with Crippen molar-refractivity contribution in [3.8, 4) is 0 Å². The van der Waals surface area contributed by atoms with E-state index < -0.39 is 0 Å². The van der Waals surface area contributed by atoms with Crippen molar-refractivity contribution in [3.63, 3.8) is 0 Å². The van der Waals surface area contributed by atoms with Crippen LogP contribution in [0.15, 0.2) is 6.33 Å². The Morgan fingerprint density at radius 2 is 2.58 bits per heavy atom. The maximum atomic E-state index is 5.00. The lowest BCUT2D eigenvalue weighted by Gasteiger charge is -2.17. The zero-order valence-corrected chi connectivity index (χ0v) is 7.85. The summed E-state index contributed by atoms with van der Waals surface area (Å²) in [5.41, 5.74) is 0. The molecule has 0 aliphatic rings. The fourth-order valence-electron chi connectivity index (χ4n) is 0.794. The summed E-state index contributed by atoms with van der Waals surface area (Å²) in [7, 11) is 3.68. The van der Waals surface area contributed by atoms with Crippen LogP contribution < -0.4 is 5.32 Å². The first-order valence-electron chi connectivity index (χ1n) is 3.51. The number of aromatic nitrogens is 3. The number of rotatable bonds is 2. The highest BCUT2D eigenvalue weighted by molar-refractivity contribution is 7.80. The number of H-pyrrole nitrogens is 1. The first-order chi connectivity index (χ1) is 5.74. The summed E-state index contributed by atoms with van der Waals surface area (Å²) in [6.07, 6.45) is 1.48. The van der Waals surface area contributed by atoms with E-state index in [1.165, 1.54) is 6.33 Å². The molecule has 0 amide bonds. The van der Waals surface area contributed by atoms with Crippen LogP contribution in [0.2, 0.25) is 0 Å². The van der Waals surface area contributed by atoms with Crippen LogP contribution in [0.5, 0.6) is 0 Å². The number of thiocarbonyl (C=S) groups is 1. The van der Waals surface area contributed by atoms with Gasteiger partial charge in [-0.3, -0.25) is 5.10 Å². The van der Waals surface area contributed by atoms with Crippen molar-refractivity contribution in [1.82, 2.24) is 25.4 Å². The van der Waals surface area contributed by atoms with Crippen LogP contribution in [0.4, 0.5) is 0 Å². The van der Waals surface area contributed by atoms with Crippen LogP contribution in [0, 0.1) is 0 Å². The topological polar surface area (TPSA) is 56.8 Å². The highest BCUT2D eigenvalue weighted by Gasteiger charge is 2.03. The van der Waals surface area contributed by atoms with Gasteiger partial charge in [0.2, 0.25) is 0 Å². The van der Waals surface area contributed by atoms with E-state index in [9.17, 15) is 0 Å². The summed E-state index contributed by atoms with van der Waals surface area (Å²) >= 11 is 5.00. The second-order valence-electron chi connectivity index (χ2n) is 2.34. The van der Waals surface area contributed by atoms with E-state index in [1.807, 2.05) is 11.9 Å². The molecule has 1 rings (SSSR count). The molecule has 0 radical (unpaired) electrons. The first kappa shape index (κ1) is 8.92. The van der Waals surface area contributed by atoms with E-state index in [2.05, 4.69) is 20.5 Å². The molecule has 0 saturated carbocycles. The van der Waals surface area contributed by atoms with E-state index in [-0.39, 0.29) is 0 Å². The standard InChI is InChI=1S/C6H11N5S/c1-7-6(12)11(2)3-5-8-4-9-10-5/h4H,3H2,1-2H3,(H,7,12)(H,8,9,10). The summed E-state index contributed by atoms with van der Waals surface area (Å²) in [4.78, 5) is 5.85. The molecule has 12 heavy (non-hydrogen) atoms. The largest absolute Gasteiger partial charge is 0.366 e. The maximum absolute atomic E-state index is 5.00. The minimum absolute atomic E-state index is 0.639. The van der Waals surface area contributed by atoms with Crippen molar-refractivity contribution in [3.05, 3.63) is 12.2 Å². The van der Waals surface area contributed by atoms with E-state index in [0.717, 1.165) is 5.82 Å². The van der Waals surface area contributed by atoms with Gasteiger partial charge < -0.3 is 10.2 Å². The Bertz CT molecular complexity index is 244. The van der Waals surface area contributed by atoms with Crippen LogP contribution in [-0.2, 0) is 6.54 Å². The predicted molar refractivity (Wildman–Crippen MR) is 49.5 cm³/mol.